The number of carbonyl (C=O) groups is 1. The van der Waals surface area contributed by atoms with Crippen molar-refractivity contribution in [2.75, 3.05) is 5.32 Å². The van der Waals surface area contributed by atoms with Gasteiger partial charge < -0.3 is 10.1 Å². The minimum Gasteiger partial charge on any atom is -0.487 e. The van der Waals surface area contributed by atoms with Crippen LogP contribution in [0.2, 0.25) is 5.02 Å². The molecule has 0 aliphatic carbocycles. The molecule has 3 aromatic rings. The zero-order valence-electron chi connectivity index (χ0n) is 16.5. The van der Waals surface area contributed by atoms with Crippen molar-refractivity contribution in [3.8, 4) is 11.8 Å². The van der Waals surface area contributed by atoms with Crippen molar-refractivity contribution in [2.24, 2.45) is 0 Å². The minimum absolute atomic E-state index is 0.00828. The van der Waals surface area contributed by atoms with Crippen LogP contribution in [0, 0.1) is 21.8 Å². The molecule has 0 saturated carbocycles. The summed E-state index contributed by atoms with van der Waals surface area (Å²) in [6.45, 7) is 2.26. The van der Waals surface area contributed by atoms with E-state index in [-0.39, 0.29) is 5.57 Å². The third-order valence-corrected chi connectivity index (χ3v) is 6.06. The Balaban J connectivity index is 1.78. The summed E-state index contributed by atoms with van der Waals surface area (Å²) in [6.07, 6.45) is 1.55. The van der Waals surface area contributed by atoms with Crippen LogP contribution in [0.5, 0.6) is 5.75 Å². The quantitative estimate of drug-likeness (QED) is 0.184. The van der Waals surface area contributed by atoms with E-state index in [4.69, 9.17) is 16.3 Å². The molecular weight excluding hydrogens is 591 g/mol. The molecule has 3 rings (SSSR count). The molecule has 0 heterocycles. The second kappa shape index (κ2) is 10.8. The number of nitrogens with zero attached hydrogens (tertiary/aromatic N) is 1. The summed E-state index contributed by atoms with van der Waals surface area (Å²) in [4.78, 5) is 12.5. The lowest BCUT2D eigenvalue weighted by Gasteiger charge is -2.12. The Bertz CT molecular complexity index is 1180. The fourth-order valence-corrected chi connectivity index (χ4v) is 4.76. The van der Waals surface area contributed by atoms with Crippen LogP contribution < -0.4 is 10.1 Å². The van der Waals surface area contributed by atoms with Crippen LogP contribution in [-0.4, -0.2) is 5.91 Å². The van der Waals surface area contributed by atoms with E-state index in [1.165, 1.54) is 0 Å². The Morgan fingerprint density at radius 3 is 2.68 bits per heavy atom. The Hall–Kier alpha value is -2.34. The van der Waals surface area contributed by atoms with E-state index < -0.39 is 5.91 Å². The van der Waals surface area contributed by atoms with Gasteiger partial charge in [0.05, 0.1) is 8.04 Å². The number of anilines is 1. The molecule has 7 heteroatoms. The van der Waals surface area contributed by atoms with Gasteiger partial charge in [0.15, 0.2) is 0 Å². The van der Waals surface area contributed by atoms with Crippen molar-refractivity contribution >= 4 is 67.8 Å². The number of nitrogens with one attached hydrogen (secondary N) is 1. The van der Waals surface area contributed by atoms with Crippen molar-refractivity contribution in [1.29, 1.82) is 5.26 Å². The minimum atomic E-state index is -0.460. The van der Waals surface area contributed by atoms with E-state index in [0.29, 0.717) is 33.1 Å². The maximum atomic E-state index is 12.5. The van der Waals surface area contributed by atoms with Gasteiger partial charge in [-0.15, -0.1) is 0 Å². The summed E-state index contributed by atoms with van der Waals surface area (Å²) in [5.74, 6) is 0.207. The van der Waals surface area contributed by atoms with Gasteiger partial charge >= 0.3 is 0 Å². The molecule has 156 valence electrons. The third kappa shape index (κ3) is 6.33. The molecule has 0 radical (unpaired) electrons. The number of aryl methyl sites for hydroxylation is 1. The van der Waals surface area contributed by atoms with Crippen LogP contribution in [0.15, 0.2) is 70.7 Å². The van der Waals surface area contributed by atoms with E-state index in [1.807, 2.05) is 61.5 Å². The summed E-state index contributed by atoms with van der Waals surface area (Å²) in [5, 5.41) is 12.9. The Morgan fingerprint density at radius 2 is 2.00 bits per heavy atom. The van der Waals surface area contributed by atoms with Gasteiger partial charge in [-0.25, -0.2) is 0 Å². The van der Waals surface area contributed by atoms with Crippen molar-refractivity contribution in [3.63, 3.8) is 0 Å². The van der Waals surface area contributed by atoms with E-state index in [0.717, 1.165) is 14.7 Å². The Morgan fingerprint density at radius 1 is 1.23 bits per heavy atom. The van der Waals surface area contributed by atoms with Gasteiger partial charge in [-0.3, -0.25) is 4.79 Å². The van der Waals surface area contributed by atoms with Gasteiger partial charge in [-0.1, -0.05) is 41.9 Å². The molecule has 0 atom stereocenters. The average molecular weight is 608 g/mol. The maximum absolute atomic E-state index is 12.5. The highest BCUT2D eigenvalue weighted by Gasteiger charge is 2.13. The summed E-state index contributed by atoms with van der Waals surface area (Å²) < 4.78 is 7.51. The van der Waals surface area contributed by atoms with Crippen LogP contribution in [-0.2, 0) is 11.4 Å². The van der Waals surface area contributed by atoms with E-state index in [2.05, 4.69) is 43.8 Å². The predicted octanol–water partition coefficient (Wildman–Crippen LogP) is 7.14. The van der Waals surface area contributed by atoms with Crippen LogP contribution >= 0.6 is 50.1 Å². The molecule has 3 aromatic carbocycles. The zero-order valence-corrected chi connectivity index (χ0v) is 21.0. The normalized spacial score (nSPS) is 11.0. The van der Waals surface area contributed by atoms with Gasteiger partial charge in [0, 0.05) is 16.3 Å². The highest BCUT2D eigenvalue weighted by molar-refractivity contribution is 14.1. The van der Waals surface area contributed by atoms with E-state index >= 15 is 0 Å². The summed E-state index contributed by atoms with van der Waals surface area (Å²) in [7, 11) is 0. The molecule has 0 aliphatic heterocycles. The standard InChI is InChI=1S/C24H17BrClIN2O2/c1-15-5-4-7-19(9-15)29-24(30)18(13-28)10-16-11-20(25)23(22(27)12-16)31-14-17-6-2-3-8-21(17)26/h2-12H,14H2,1H3,(H,29,30)/b18-10-. The first-order valence-corrected chi connectivity index (χ1v) is 11.5. The third-order valence-electron chi connectivity index (χ3n) is 4.30. The van der Waals surface area contributed by atoms with Gasteiger partial charge in [-0.2, -0.15) is 5.26 Å². The lowest BCUT2D eigenvalue weighted by molar-refractivity contribution is -0.112. The zero-order chi connectivity index (χ0) is 22.4. The number of amides is 1. The van der Waals surface area contributed by atoms with Gasteiger partial charge in [0.1, 0.15) is 24.0 Å². The lowest BCUT2D eigenvalue weighted by atomic mass is 10.1. The second-order valence-corrected chi connectivity index (χ2v) is 9.11. The fraction of sp³-hybridized carbons (Fsp3) is 0.0833. The molecule has 0 saturated heterocycles. The smallest absolute Gasteiger partial charge is 0.266 e. The molecular formula is C24H17BrClIN2O2. The molecule has 0 fully saturated rings. The number of benzene rings is 3. The van der Waals surface area contributed by atoms with Gasteiger partial charge in [0.2, 0.25) is 0 Å². The Kier molecular flexibility index (Phi) is 8.13. The fourth-order valence-electron chi connectivity index (χ4n) is 2.80. The monoisotopic (exact) mass is 606 g/mol. The van der Waals surface area contributed by atoms with Crippen LogP contribution in [0.4, 0.5) is 5.69 Å². The first-order valence-electron chi connectivity index (χ1n) is 9.22. The summed E-state index contributed by atoms with van der Waals surface area (Å²) in [6, 6.07) is 20.6. The van der Waals surface area contributed by atoms with E-state index in [9.17, 15) is 10.1 Å². The summed E-state index contributed by atoms with van der Waals surface area (Å²) in [5.41, 5.74) is 3.26. The van der Waals surface area contributed by atoms with Crippen LogP contribution in [0.25, 0.3) is 6.08 Å². The molecule has 0 aromatic heterocycles. The molecule has 0 bridgehead atoms. The number of carbonyl (C=O) groups excluding carboxylic acids is 1. The molecule has 0 unspecified atom stereocenters. The number of hydrogen-bond donors (Lipinski definition) is 1. The van der Waals surface area contributed by atoms with Gasteiger partial charge in [-0.05, 0) is 93.0 Å². The maximum Gasteiger partial charge on any atom is 0.266 e. The SMILES string of the molecule is Cc1cccc(NC(=O)/C(C#N)=C\c2cc(Br)c(OCc3ccccc3Cl)c(I)c2)c1. The molecule has 0 aliphatic rings. The predicted molar refractivity (Wildman–Crippen MR) is 136 cm³/mol. The molecule has 1 amide bonds. The number of nitriles is 1. The molecule has 1 N–H and O–H groups in total. The van der Waals surface area contributed by atoms with Gasteiger partial charge in [0.25, 0.3) is 5.91 Å². The molecule has 4 nitrogen and oxygen atoms in total. The number of rotatable bonds is 6. The molecule has 0 spiro atoms. The topological polar surface area (TPSA) is 62.1 Å². The van der Waals surface area contributed by atoms with Crippen LogP contribution in [0.1, 0.15) is 16.7 Å². The second-order valence-electron chi connectivity index (χ2n) is 6.69. The highest BCUT2D eigenvalue weighted by Crippen LogP contribution is 2.34. The van der Waals surface area contributed by atoms with Crippen molar-refractivity contribution < 1.29 is 9.53 Å². The largest absolute Gasteiger partial charge is 0.487 e. The van der Waals surface area contributed by atoms with Crippen molar-refractivity contribution in [1.82, 2.24) is 0 Å². The first kappa shape index (κ1) is 23.3. The Labute approximate surface area is 208 Å². The van der Waals surface area contributed by atoms with Crippen molar-refractivity contribution in [3.05, 3.63) is 96.0 Å². The highest BCUT2D eigenvalue weighted by atomic mass is 127. The van der Waals surface area contributed by atoms with Crippen molar-refractivity contribution in [2.45, 2.75) is 13.5 Å². The van der Waals surface area contributed by atoms with E-state index in [1.54, 1.807) is 18.2 Å². The number of halogens is 3. The first-order chi connectivity index (χ1) is 14.9. The number of ether oxygens (including phenoxy) is 1. The summed E-state index contributed by atoms with van der Waals surface area (Å²) >= 11 is 11.9. The van der Waals surface area contributed by atoms with Crippen LogP contribution in [0.3, 0.4) is 0 Å². The number of hydrogen-bond acceptors (Lipinski definition) is 3. The lowest BCUT2D eigenvalue weighted by Crippen LogP contribution is -2.13. The molecule has 31 heavy (non-hydrogen) atoms. The average Bonchev–Trinajstić information content (AvgIpc) is 2.72.